The van der Waals surface area contributed by atoms with Crippen molar-refractivity contribution >= 4 is 0 Å². The van der Waals surface area contributed by atoms with Crippen molar-refractivity contribution < 1.29 is 26.2 Å². The van der Waals surface area contributed by atoms with Crippen LogP contribution in [0.5, 0.6) is 0 Å². The number of hydrogen-bond donors (Lipinski definition) is 0. The molecule has 0 heterocycles. The Balaban J connectivity index is 0.00000368. The van der Waals surface area contributed by atoms with Crippen molar-refractivity contribution in [2.45, 2.75) is 138 Å². The largest absolute Gasteiger partial charge is 0.0619 e. The molecule has 2 unspecified atom stereocenters. The van der Waals surface area contributed by atoms with Crippen LogP contribution in [0.15, 0.2) is 59.2 Å². The standard InChI is InChI=1S/C42H58.Zr/c1-26(2)42(25-36(27-15-13-12-14-16-27)33-23-30(24-37(33)42)41(9,10)11)38-34-21-28(39(3,4)5)17-19-31(34)32-20-18-29(22-35(32)38)40(6,7)8;/h17-22,24,26-27,36,38H,12-16,23,25H2,1-11H3;. The summed E-state index contributed by atoms with van der Waals surface area (Å²) in [7, 11) is 0. The smallest absolute Gasteiger partial charge is 0.0201 e. The maximum atomic E-state index is 2.75. The molecule has 0 nitrogen and oxygen atoms in total. The summed E-state index contributed by atoms with van der Waals surface area (Å²) in [5, 5.41) is 0. The van der Waals surface area contributed by atoms with Crippen LogP contribution in [-0.4, -0.2) is 0 Å². The maximum absolute atomic E-state index is 2.75. The van der Waals surface area contributed by atoms with Gasteiger partial charge in [-0.1, -0.05) is 149 Å². The van der Waals surface area contributed by atoms with E-state index >= 15 is 0 Å². The van der Waals surface area contributed by atoms with Crippen molar-refractivity contribution in [1.29, 1.82) is 0 Å². The summed E-state index contributed by atoms with van der Waals surface area (Å²) < 4.78 is 0. The fourth-order valence-corrected chi connectivity index (χ4v) is 9.35. The van der Waals surface area contributed by atoms with Gasteiger partial charge in [-0.25, -0.2) is 0 Å². The summed E-state index contributed by atoms with van der Waals surface area (Å²) in [5.74, 6) is 2.57. The molecule has 1 heteroatoms. The Hall–Kier alpha value is -1.20. The number of allylic oxidation sites excluding steroid dienone is 4. The van der Waals surface area contributed by atoms with Crippen LogP contribution in [-0.2, 0) is 37.0 Å². The van der Waals surface area contributed by atoms with Gasteiger partial charge in [0.2, 0.25) is 0 Å². The first-order valence-electron chi connectivity index (χ1n) is 17.3. The van der Waals surface area contributed by atoms with Crippen LogP contribution < -0.4 is 0 Å². The van der Waals surface area contributed by atoms with E-state index in [1.807, 2.05) is 5.57 Å². The molecule has 1 saturated carbocycles. The van der Waals surface area contributed by atoms with Crippen LogP contribution >= 0.6 is 0 Å². The Bertz CT molecular complexity index is 1370. The molecule has 2 atom stereocenters. The molecule has 43 heavy (non-hydrogen) atoms. The normalized spacial score (nSPS) is 24.7. The third kappa shape index (κ3) is 5.49. The van der Waals surface area contributed by atoms with Crippen molar-refractivity contribution in [3.8, 4) is 11.1 Å². The van der Waals surface area contributed by atoms with Crippen molar-refractivity contribution in [3.63, 3.8) is 0 Å². The van der Waals surface area contributed by atoms with Crippen LogP contribution in [0.1, 0.15) is 149 Å². The summed E-state index contributed by atoms with van der Waals surface area (Å²) >= 11 is 0. The second-order valence-electron chi connectivity index (χ2n) is 18.0. The molecule has 230 valence electrons. The molecule has 2 aromatic carbocycles. The molecule has 0 bridgehead atoms. The van der Waals surface area contributed by atoms with E-state index in [0.29, 0.717) is 11.8 Å². The summed E-state index contributed by atoms with van der Waals surface area (Å²) in [4.78, 5) is 0. The number of benzene rings is 2. The average Bonchev–Trinajstić information content (AvgIpc) is 3.57. The molecule has 1 fully saturated rings. The topological polar surface area (TPSA) is 0 Å². The molecule has 4 aliphatic rings. The van der Waals surface area contributed by atoms with E-state index in [9.17, 15) is 0 Å². The minimum Gasteiger partial charge on any atom is -0.0619 e. The molecular formula is C42H58Zr. The first-order chi connectivity index (χ1) is 19.5. The Morgan fingerprint density at radius 3 is 1.65 bits per heavy atom. The van der Waals surface area contributed by atoms with E-state index in [1.54, 1.807) is 22.3 Å². The molecule has 2 aromatic rings. The van der Waals surface area contributed by atoms with E-state index < -0.39 is 0 Å². The molecular weight excluding hydrogens is 596 g/mol. The van der Waals surface area contributed by atoms with Crippen molar-refractivity contribution in [1.82, 2.24) is 0 Å². The van der Waals surface area contributed by atoms with Gasteiger partial charge in [-0.15, -0.1) is 0 Å². The number of fused-ring (bicyclic) bond motifs is 3. The van der Waals surface area contributed by atoms with Gasteiger partial charge in [-0.05, 0) is 98.6 Å². The Morgan fingerprint density at radius 1 is 0.698 bits per heavy atom. The molecule has 6 rings (SSSR count). The molecule has 0 spiro atoms. The van der Waals surface area contributed by atoms with Gasteiger partial charge in [0.1, 0.15) is 0 Å². The first-order valence-corrected chi connectivity index (χ1v) is 17.3. The van der Waals surface area contributed by atoms with Crippen LogP contribution in [0.25, 0.3) is 11.1 Å². The van der Waals surface area contributed by atoms with Crippen molar-refractivity contribution in [2.24, 2.45) is 28.6 Å². The van der Waals surface area contributed by atoms with Gasteiger partial charge < -0.3 is 0 Å². The van der Waals surface area contributed by atoms with Crippen LogP contribution in [0.3, 0.4) is 0 Å². The zero-order chi connectivity index (χ0) is 30.4. The second-order valence-corrected chi connectivity index (χ2v) is 18.0. The fraction of sp³-hybridized carbons (Fsp3) is 0.619. The molecule has 0 aromatic heterocycles. The minimum atomic E-state index is 0. The first kappa shape index (κ1) is 33.2. The zero-order valence-corrected chi connectivity index (χ0v) is 31.8. The van der Waals surface area contributed by atoms with Crippen molar-refractivity contribution in [3.05, 3.63) is 81.4 Å². The maximum Gasteiger partial charge on any atom is 0.0201 e. The SMILES string of the molecule is CC(C)C1(C2c3cc(C(C)(C)C)ccc3-c3ccc(C(C)(C)C)cc32)CC(C2CCCCC2)C2=C1C=C(C(C)(C)C)C2.[Zr]. The average molecular weight is 654 g/mol. The Kier molecular flexibility index (Phi) is 8.68. The van der Waals surface area contributed by atoms with E-state index in [4.69, 9.17) is 0 Å². The summed E-state index contributed by atoms with van der Waals surface area (Å²) in [6.07, 6.45) is 12.4. The summed E-state index contributed by atoms with van der Waals surface area (Å²) in [6.45, 7) is 26.7. The molecule has 0 aliphatic heterocycles. The number of hydrogen-bond acceptors (Lipinski definition) is 0. The fourth-order valence-electron chi connectivity index (χ4n) is 9.35. The van der Waals surface area contributed by atoms with E-state index in [-0.39, 0.29) is 47.9 Å². The molecule has 0 radical (unpaired) electrons. The monoisotopic (exact) mass is 652 g/mol. The summed E-state index contributed by atoms with van der Waals surface area (Å²) in [6, 6.07) is 15.1. The van der Waals surface area contributed by atoms with Gasteiger partial charge in [-0.3, -0.25) is 0 Å². The van der Waals surface area contributed by atoms with Gasteiger partial charge in [0.15, 0.2) is 0 Å². The second kappa shape index (κ2) is 11.3. The third-order valence-electron chi connectivity index (χ3n) is 12.0. The van der Waals surface area contributed by atoms with Gasteiger partial charge >= 0.3 is 0 Å². The Labute approximate surface area is 283 Å². The zero-order valence-electron chi connectivity index (χ0n) is 29.3. The van der Waals surface area contributed by atoms with Crippen molar-refractivity contribution in [2.75, 3.05) is 0 Å². The molecule has 0 N–H and O–H groups in total. The van der Waals surface area contributed by atoms with Crippen LogP contribution in [0, 0.1) is 28.6 Å². The minimum absolute atomic E-state index is 0. The van der Waals surface area contributed by atoms with Gasteiger partial charge in [-0.2, -0.15) is 0 Å². The van der Waals surface area contributed by atoms with E-state index in [2.05, 4.69) is 119 Å². The Morgan fingerprint density at radius 2 is 1.21 bits per heavy atom. The van der Waals surface area contributed by atoms with Gasteiger partial charge in [0.25, 0.3) is 0 Å². The molecule has 0 amide bonds. The third-order valence-corrected chi connectivity index (χ3v) is 12.0. The molecule has 0 saturated heterocycles. The van der Waals surface area contributed by atoms with Crippen LogP contribution in [0.2, 0.25) is 0 Å². The summed E-state index contributed by atoms with van der Waals surface area (Å²) in [5.41, 5.74) is 15.0. The number of rotatable bonds is 3. The van der Waals surface area contributed by atoms with Crippen LogP contribution in [0.4, 0.5) is 0 Å². The van der Waals surface area contributed by atoms with Gasteiger partial charge in [0, 0.05) is 37.5 Å². The predicted molar refractivity (Wildman–Crippen MR) is 182 cm³/mol. The van der Waals surface area contributed by atoms with Gasteiger partial charge in [0.05, 0.1) is 0 Å². The van der Waals surface area contributed by atoms with E-state index in [1.165, 1.54) is 67.2 Å². The van der Waals surface area contributed by atoms with E-state index in [0.717, 1.165) is 11.8 Å². The molecule has 4 aliphatic carbocycles. The quantitative estimate of drug-likeness (QED) is 0.309. The predicted octanol–water partition coefficient (Wildman–Crippen LogP) is 12.3.